The largest absolute Gasteiger partial charge is 0.356 e. The number of nitrogens with one attached hydrogen (secondary N) is 6. The van der Waals surface area contributed by atoms with Crippen molar-refractivity contribution in [3.05, 3.63) is 179 Å². The lowest BCUT2D eigenvalue weighted by Crippen LogP contribution is -2.58. The van der Waals surface area contributed by atoms with E-state index in [1.54, 1.807) is 23.9 Å². The van der Waals surface area contributed by atoms with Crippen LogP contribution in [0.5, 0.6) is 0 Å². The number of Topliss-reactive ketones (excluding diaryl/α,β-unsaturated/α-hetero) is 4. The summed E-state index contributed by atoms with van der Waals surface area (Å²) < 4.78 is 0. The molecule has 9 rings (SSSR count). The van der Waals surface area contributed by atoms with E-state index in [1.807, 2.05) is 166 Å². The lowest BCUT2D eigenvalue weighted by atomic mass is 9.77. The molecule has 0 saturated carbocycles. The monoisotopic (exact) mass is 1310 g/mol. The third-order valence-electron chi connectivity index (χ3n) is 20.5. The van der Waals surface area contributed by atoms with Crippen molar-refractivity contribution in [2.24, 2.45) is 17.8 Å². The van der Waals surface area contributed by atoms with Gasteiger partial charge in [0.05, 0.1) is 18.1 Å². The van der Waals surface area contributed by atoms with Crippen LogP contribution in [0.4, 0.5) is 0 Å². The van der Waals surface area contributed by atoms with Crippen molar-refractivity contribution >= 4 is 52.7 Å². The zero-order chi connectivity index (χ0) is 68.7. The van der Waals surface area contributed by atoms with Crippen LogP contribution in [0.15, 0.2) is 152 Å². The minimum Gasteiger partial charge on any atom is -0.356 e. The maximum atomic E-state index is 15.2. The summed E-state index contributed by atoms with van der Waals surface area (Å²) in [5.41, 5.74) is 2.58. The molecule has 97 heavy (non-hydrogen) atoms. The quantitative estimate of drug-likeness (QED) is 0.0135. The van der Waals surface area contributed by atoms with Gasteiger partial charge in [0.15, 0.2) is 17.3 Å². The summed E-state index contributed by atoms with van der Waals surface area (Å²) in [6.45, 7) is 5.12. The van der Waals surface area contributed by atoms with Gasteiger partial charge in [-0.2, -0.15) is 0 Å². The Morgan fingerprint density at radius 3 is 1.73 bits per heavy atom. The Kier molecular flexibility index (Phi) is 26.8. The summed E-state index contributed by atoms with van der Waals surface area (Å²) in [7, 11) is 3.45. The van der Waals surface area contributed by atoms with Crippen molar-refractivity contribution in [1.29, 1.82) is 0 Å². The van der Waals surface area contributed by atoms with Gasteiger partial charge in [0.25, 0.3) is 0 Å². The number of likely N-dealkylation sites (N-methyl/N-ethyl adjacent to an activating group) is 2. The third kappa shape index (κ3) is 18.4. The van der Waals surface area contributed by atoms with Crippen LogP contribution >= 0.6 is 0 Å². The summed E-state index contributed by atoms with van der Waals surface area (Å²) in [4.78, 5) is 132. The van der Waals surface area contributed by atoms with Crippen LogP contribution in [0.1, 0.15) is 163 Å². The van der Waals surface area contributed by atoms with E-state index < -0.39 is 47.6 Å². The maximum absolute atomic E-state index is 15.2. The highest BCUT2D eigenvalue weighted by Gasteiger charge is 2.52. The molecule has 5 aromatic rings. The second kappa shape index (κ2) is 35.9. The van der Waals surface area contributed by atoms with E-state index in [1.165, 1.54) is 0 Å². The fourth-order valence-electron chi connectivity index (χ4n) is 15.2. The lowest BCUT2D eigenvalue weighted by Gasteiger charge is -2.38. The molecule has 6 N–H and O–H groups in total. The Bertz CT molecular complexity index is 3540. The zero-order valence-corrected chi connectivity index (χ0v) is 56.7. The molecule has 510 valence electrons. The first-order valence-corrected chi connectivity index (χ1v) is 35.1. The lowest BCUT2D eigenvalue weighted by molar-refractivity contribution is -0.146. The molecule has 4 aliphatic rings. The Morgan fingerprint density at radius 1 is 0.598 bits per heavy atom. The summed E-state index contributed by atoms with van der Waals surface area (Å²) in [6.07, 6.45) is 6.83. The van der Waals surface area contributed by atoms with E-state index in [4.69, 9.17) is 0 Å². The van der Waals surface area contributed by atoms with Gasteiger partial charge in [-0.05, 0) is 155 Å². The molecule has 5 amide bonds. The second-order valence-electron chi connectivity index (χ2n) is 26.4. The van der Waals surface area contributed by atoms with Crippen LogP contribution in [0, 0.1) is 41.4 Å². The van der Waals surface area contributed by atoms with Crippen LogP contribution in [0.3, 0.4) is 0 Å². The number of nitrogens with zero attached hydrogens (tertiary/aromatic N) is 2. The van der Waals surface area contributed by atoms with E-state index in [2.05, 4.69) is 55.6 Å². The van der Waals surface area contributed by atoms with Crippen LogP contribution in [-0.2, 0) is 55.2 Å². The maximum Gasteiger partial charge on any atom is 0.246 e. The van der Waals surface area contributed by atoms with Gasteiger partial charge < -0.3 is 41.7 Å². The van der Waals surface area contributed by atoms with Crippen molar-refractivity contribution in [3.8, 4) is 23.7 Å². The van der Waals surface area contributed by atoms with Gasteiger partial charge in [-0.25, -0.2) is 0 Å². The zero-order valence-electron chi connectivity index (χ0n) is 56.7. The fraction of sp³-hybridized carbons (Fsp3) is 0.463. The number of hydrogen-bond acceptors (Lipinski definition) is 12. The average Bonchev–Trinajstić information content (AvgIpc) is 1.77. The van der Waals surface area contributed by atoms with E-state index in [-0.39, 0.29) is 135 Å². The van der Waals surface area contributed by atoms with E-state index in [9.17, 15) is 28.8 Å². The summed E-state index contributed by atoms with van der Waals surface area (Å²) in [6, 6.07) is 44.3. The molecular formula is C80H96N8O9. The molecule has 0 radical (unpaired) electrons. The molecule has 17 nitrogen and oxygen atoms in total. The molecule has 0 bridgehead atoms. The SMILES string of the molecule is CC[C@H](NC)C(=O)C[C@@H]1C(=O)N2[C@@H](CC[C@@H]1CNCc1ccccc1)CC[C@H]2C(=O)NC(C(=O)CCCNC(=O)CCC#CC#CC(=O)CC[C@H]1CC[C@H]2CC[C@@H](C(=O)CC(c3ccccc3)c3ccccc3)N2C(=O)[C@H]1NC(=O)[C@H](CC)NC)(c1ccccc1)c1ccccc1. The van der Waals surface area contributed by atoms with E-state index >= 15 is 14.4 Å². The van der Waals surface area contributed by atoms with Crippen LogP contribution in [0.25, 0.3) is 0 Å². The van der Waals surface area contributed by atoms with Gasteiger partial charge in [0, 0.05) is 75.5 Å². The average molecular weight is 1310 g/mol. The number of rotatable bonds is 32. The van der Waals surface area contributed by atoms with Gasteiger partial charge in [-0.3, -0.25) is 43.2 Å². The smallest absolute Gasteiger partial charge is 0.246 e. The van der Waals surface area contributed by atoms with Gasteiger partial charge >= 0.3 is 0 Å². The fourth-order valence-corrected chi connectivity index (χ4v) is 15.2. The van der Waals surface area contributed by atoms with E-state index in [0.717, 1.165) is 16.7 Å². The van der Waals surface area contributed by atoms with E-state index in [0.29, 0.717) is 88.4 Å². The number of carbonyl (C=O) groups excluding carboxylic acids is 9. The predicted octanol–water partition coefficient (Wildman–Crippen LogP) is 8.82. The topological polar surface area (TPSA) is 232 Å². The van der Waals surface area contributed by atoms with Crippen LogP contribution in [-0.4, -0.2) is 132 Å². The molecule has 0 aromatic heterocycles. The first-order chi connectivity index (χ1) is 47.2. The highest BCUT2D eigenvalue weighted by Crippen LogP contribution is 2.41. The van der Waals surface area contributed by atoms with Crippen LogP contribution in [0.2, 0.25) is 0 Å². The molecule has 10 atom stereocenters. The van der Waals surface area contributed by atoms with Crippen molar-refractivity contribution in [2.75, 3.05) is 27.2 Å². The standard InChI is InChI=1S/C80H96N8O9/c1-5-67(81-3)71(90)52-66-59(54-83-53-55-27-14-9-15-28-55)41-44-63-46-49-70(88(63)78(66)96)77(95)86-80(60-33-20-12-21-34-60,61-35-22-13-23-36-61)73(92)38-26-50-84-74(93)39-25-8-7-24-37-64(89)47-42-58-40-43-62-45-48-69(87(62)79(97)75(58)85-76(94)68(6-2)82-4)72(91)51-65(56-29-16-10-17-30-56)57-31-18-11-19-32-57/h9-23,27-36,58-59,62-63,65-70,75,81-83H,5-6,25-26,38-54H2,1-4H3,(H,84,93)(H,85,94)(H,86,95)/t58-,59-,62+,63+,66+,67+,68+,69+,70+,75+/m1/s1. The molecule has 0 spiro atoms. The summed E-state index contributed by atoms with van der Waals surface area (Å²) in [5, 5.41) is 18.9. The molecule has 0 aliphatic carbocycles. The Balaban J connectivity index is 0.796. The number of carbonyl (C=O) groups is 9. The van der Waals surface area contributed by atoms with Crippen molar-refractivity contribution in [2.45, 2.75) is 190 Å². The molecule has 4 fully saturated rings. The van der Waals surface area contributed by atoms with Gasteiger partial charge in [-0.15, -0.1) is 0 Å². The van der Waals surface area contributed by atoms with Crippen molar-refractivity contribution in [1.82, 2.24) is 41.7 Å². The molecule has 4 heterocycles. The Hall–Kier alpha value is -8.87. The molecule has 0 unspecified atom stereocenters. The predicted molar refractivity (Wildman–Crippen MR) is 375 cm³/mol. The van der Waals surface area contributed by atoms with Gasteiger partial charge in [0.2, 0.25) is 35.3 Å². The number of ketones is 4. The highest BCUT2D eigenvalue weighted by atomic mass is 16.2. The number of benzene rings is 5. The Morgan fingerprint density at radius 2 is 1.14 bits per heavy atom. The van der Waals surface area contributed by atoms with Crippen LogP contribution < -0.4 is 31.9 Å². The first kappa shape index (κ1) is 72.4. The van der Waals surface area contributed by atoms with Crippen molar-refractivity contribution in [3.63, 3.8) is 0 Å². The first-order valence-electron chi connectivity index (χ1n) is 35.1. The van der Waals surface area contributed by atoms with Gasteiger partial charge in [-0.1, -0.05) is 171 Å². The molecule has 17 heteroatoms. The van der Waals surface area contributed by atoms with Gasteiger partial charge in [0.1, 0.15) is 17.6 Å². The number of fused-ring (bicyclic) bond motifs is 2. The minimum atomic E-state index is -1.66. The second-order valence-corrected chi connectivity index (χ2v) is 26.4. The van der Waals surface area contributed by atoms with Crippen molar-refractivity contribution < 1.29 is 43.2 Å². The number of hydrogen-bond donors (Lipinski definition) is 6. The summed E-state index contributed by atoms with van der Waals surface area (Å²) in [5.74, 6) is 7.10. The molecule has 5 aromatic carbocycles. The normalized spacial score (nSPS) is 21.2. The summed E-state index contributed by atoms with van der Waals surface area (Å²) >= 11 is 0. The third-order valence-corrected chi connectivity index (χ3v) is 20.5. The number of amides is 5. The molecule has 4 saturated heterocycles. The Labute approximate surface area is 572 Å². The highest BCUT2D eigenvalue weighted by molar-refractivity contribution is 6.00. The molecule has 4 aliphatic heterocycles. The minimum absolute atomic E-state index is 0.0216. The molecular weight excluding hydrogens is 1220 g/mol.